The molecule has 3 aliphatic carbocycles. The van der Waals surface area contributed by atoms with Crippen molar-refractivity contribution < 1.29 is 18.3 Å². The first kappa shape index (κ1) is 23.1. The van der Waals surface area contributed by atoms with Crippen molar-refractivity contribution in [2.45, 2.75) is 80.8 Å². The van der Waals surface area contributed by atoms with Crippen LogP contribution in [-0.2, 0) is 15.3 Å². The van der Waals surface area contributed by atoms with Crippen LogP contribution < -0.4 is 21.4 Å². The molecular weight excluding hydrogens is 438 g/mol. The van der Waals surface area contributed by atoms with E-state index >= 15 is 0 Å². The van der Waals surface area contributed by atoms with Crippen molar-refractivity contribution in [2.75, 3.05) is 7.11 Å². The molecule has 7 nitrogen and oxygen atoms in total. The summed E-state index contributed by atoms with van der Waals surface area (Å²) in [6.45, 7) is 1.53. The average molecular weight is 467 g/mol. The molecule has 0 bridgehead atoms. The van der Waals surface area contributed by atoms with Crippen LogP contribution in [0.5, 0.6) is 0 Å². The number of methoxy groups -OCH3 is 1. The highest BCUT2D eigenvalue weighted by Gasteiger charge is 2.32. The smallest absolute Gasteiger partial charge is 0.261 e. The lowest BCUT2D eigenvalue weighted by atomic mass is 9.89. The molecule has 1 atom stereocenters. The minimum absolute atomic E-state index is 0.00789. The number of ether oxygens (including phenoxy) is 1. The number of carbonyl (C=O) groups is 1. The molecule has 3 aliphatic rings. The Labute approximate surface area is 188 Å². The van der Waals surface area contributed by atoms with Crippen molar-refractivity contribution in [3.05, 3.63) is 26.7 Å². The lowest BCUT2D eigenvalue weighted by molar-refractivity contribution is -0.119. The minimum atomic E-state index is -2.05. The van der Waals surface area contributed by atoms with E-state index in [1.54, 1.807) is 18.9 Å². The number of alkyl halides is 1. The number of nitrogens with zero attached hydrogens (tertiary/aromatic N) is 2. The molecule has 1 heterocycles. The molecule has 2 fully saturated rings. The van der Waals surface area contributed by atoms with E-state index in [-0.39, 0.29) is 40.4 Å². The van der Waals surface area contributed by atoms with E-state index in [9.17, 15) is 18.4 Å². The minimum Gasteiger partial charge on any atom is -0.381 e. The van der Waals surface area contributed by atoms with Crippen LogP contribution in [0.2, 0.25) is 0 Å². The van der Waals surface area contributed by atoms with Gasteiger partial charge in [-0.25, -0.2) is 13.8 Å². The van der Waals surface area contributed by atoms with Gasteiger partial charge in [-0.1, -0.05) is 0 Å². The fourth-order valence-corrected chi connectivity index (χ4v) is 5.56. The van der Waals surface area contributed by atoms with Gasteiger partial charge in [0.05, 0.1) is 29.0 Å². The molecular formula is C22H28F2N4O3S. The van der Waals surface area contributed by atoms with Gasteiger partial charge in [-0.3, -0.25) is 14.6 Å². The van der Waals surface area contributed by atoms with Gasteiger partial charge >= 0.3 is 0 Å². The summed E-state index contributed by atoms with van der Waals surface area (Å²) >= 11 is 1.68. The second kappa shape index (κ2) is 9.82. The Kier molecular flexibility index (Phi) is 7.09. The molecule has 1 amide bonds. The molecule has 0 radical (unpaired) electrons. The second-order valence-corrected chi connectivity index (χ2v) is 9.94. The van der Waals surface area contributed by atoms with Gasteiger partial charge in [-0.05, 0) is 44.6 Å². The Morgan fingerprint density at radius 1 is 1.34 bits per heavy atom. The molecule has 32 heavy (non-hydrogen) atoms. The van der Waals surface area contributed by atoms with E-state index in [1.807, 2.05) is 0 Å². The van der Waals surface area contributed by atoms with Gasteiger partial charge in [0, 0.05) is 25.3 Å². The Bertz CT molecular complexity index is 1080. The number of fused-ring (bicyclic) bond motifs is 1. The highest BCUT2D eigenvalue weighted by molar-refractivity contribution is 7.99. The largest absolute Gasteiger partial charge is 0.381 e. The van der Waals surface area contributed by atoms with E-state index < -0.39 is 17.6 Å². The topological polar surface area (TPSA) is 96.4 Å². The zero-order valence-electron chi connectivity index (χ0n) is 18.2. The molecule has 0 aromatic carbocycles. The van der Waals surface area contributed by atoms with Crippen molar-refractivity contribution in [1.82, 2.24) is 15.3 Å². The SMILES string of the molecule is COC1CC(N=C2C=c3nc(CSC4CCC(NC(C)=O)CC4)[nH]c(=O)c3=C(F)C2F)C1. The lowest BCUT2D eigenvalue weighted by Crippen LogP contribution is -2.50. The van der Waals surface area contributed by atoms with Gasteiger partial charge in [0.2, 0.25) is 5.91 Å². The van der Waals surface area contributed by atoms with Gasteiger partial charge in [0.25, 0.3) is 5.56 Å². The first-order chi connectivity index (χ1) is 15.3. The molecule has 2 saturated carbocycles. The zero-order chi connectivity index (χ0) is 22.8. The van der Waals surface area contributed by atoms with Crippen molar-refractivity contribution in [2.24, 2.45) is 4.99 Å². The van der Waals surface area contributed by atoms with Crippen molar-refractivity contribution in [3.63, 3.8) is 0 Å². The van der Waals surface area contributed by atoms with E-state index in [0.29, 0.717) is 29.7 Å². The number of hydrogen-bond acceptors (Lipinski definition) is 6. The number of nitrogens with one attached hydrogen (secondary N) is 2. The van der Waals surface area contributed by atoms with Crippen molar-refractivity contribution >= 4 is 35.3 Å². The van der Waals surface area contributed by atoms with Crippen LogP contribution in [0.1, 0.15) is 51.3 Å². The van der Waals surface area contributed by atoms with Crippen LogP contribution in [0.3, 0.4) is 0 Å². The zero-order valence-corrected chi connectivity index (χ0v) is 19.0. The fraction of sp³-hybridized carbons (Fsp3) is 0.636. The first-order valence-corrected chi connectivity index (χ1v) is 12.0. The monoisotopic (exact) mass is 466 g/mol. The van der Waals surface area contributed by atoms with E-state index in [4.69, 9.17) is 4.74 Å². The molecule has 0 spiro atoms. The van der Waals surface area contributed by atoms with Gasteiger partial charge in [-0.2, -0.15) is 11.8 Å². The predicted molar refractivity (Wildman–Crippen MR) is 120 cm³/mol. The quantitative estimate of drug-likeness (QED) is 0.659. The fourth-order valence-electron chi connectivity index (χ4n) is 4.42. The molecule has 0 aliphatic heterocycles. The van der Waals surface area contributed by atoms with E-state index in [2.05, 4.69) is 20.3 Å². The van der Waals surface area contributed by atoms with Crippen LogP contribution in [0.25, 0.3) is 11.9 Å². The summed E-state index contributed by atoms with van der Waals surface area (Å²) in [5.74, 6) is -0.233. The third-order valence-electron chi connectivity index (χ3n) is 6.27. The summed E-state index contributed by atoms with van der Waals surface area (Å²) in [4.78, 5) is 35.0. The molecule has 174 valence electrons. The standard InChI is InChI=1S/C22H28F2N4O3S/c1-11(29)25-12-3-5-15(6-4-12)32-10-18-27-16-9-17(26-13-7-14(8-13)31-2)20(23)21(24)19(16)22(30)28-18/h9,12-15,20H,3-8,10H2,1-2H3,(H,25,29)(H,27,28,30). The third kappa shape index (κ3) is 5.11. The number of aromatic nitrogens is 2. The lowest BCUT2D eigenvalue weighted by Gasteiger charge is -2.31. The number of halogens is 2. The molecule has 1 aromatic heterocycles. The number of amides is 1. The molecule has 0 saturated heterocycles. The van der Waals surface area contributed by atoms with Gasteiger partial charge < -0.3 is 15.0 Å². The van der Waals surface area contributed by atoms with E-state index in [0.717, 1.165) is 25.7 Å². The number of H-pyrrole nitrogens is 1. The predicted octanol–water partition coefficient (Wildman–Crippen LogP) is 1.28. The maximum atomic E-state index is 14.7. The molecule has 4 rings (SSSR count). The average Bonchev–Trinajstić information content (AvgIpc) is 2.72. The maximum absolute atomic E-state index is 14.7. The number of rotatable bonds is 6. The first-order valence-electron chi connectivity index (χ1n) is 11.0. The highest BCUT2D eigenvalue weighted by Crippen LogP contribution is 2.30. The highest BCUT2D eigenvalue weighted by atomic mass is 32.2. The molecule has 1 unspecified atom stereocenters. The number of hydrogen-bond donors (Lipinski definition) is 2. The normalized spacial score (nSPS) is 30.9. The van der Waals surface area contributed by atoms with Crippen LogP contribution in [-0.4, -0.2) is 58.3 Å². The Hall–Kier alpha value is -2.07. The number of thioether (sulfide) groups is 1. The summed E-state index contributed by atoms with van der Waals surface area (Å²) in [6, 6.07) is 0.115. The van der Waals surface area contributed by atoms with Gasteiger partial charge in [0.1, 0.15) is 11.0 Å². The van der Waals surface area contributed by atoms with E-state index in [1.165, 1.54) is 13.0 Å². The summed E-state index contributed by atoms with van der Waals surface area (Å²) < 4.78 is 34.4. The summed E-state index contributed by atoms with van der Waals surface area (Å²) in [7, 11) is 1.62. The summed E-state index contributed by atoms with van der Waals surface area (Å²) in [6.07, 6.45) is 4.55. The number of aromatic amines is 1. The van der Waals surface area contributed by atoms with Crippen molar-refractivity contribution in [3.8, 4) is 0 Å². The Balaban J connectivity index is 1.47. The third-order valence-corrected chi connectivity index (χ3v) is 7.66. The molecule has 1 aromatic rings. The summed E-state index contributed by atoms with van der Waals surface area (Å²) in [5, 5.41) is 3.14. The van der Waals surface area contributed by atoms with Crippen LogP contribution in [0, 0.1) is 0 Å². The van der Waals surface area contributed by atoms with Gasteiger partial charge in [-0.15, -0.1) is 0 Å². The second-order valence-electron chi connectivity index (χ2n) is 8.65. The van der Waals surface area contributed by atoms with Crippen LogP contribution in [0.4, 0.5) is 8.78 Å². The Morgan fingerprint density at radius 2 is 2.06 bits per heavy atom. The van der Waals surface area contributed by atoms with Crippen molar-refractivity contribution in [1.29, 1.82) is 0 Å². The van der Waals surface area contributed by atoms with Crippen LogP contribution >= 0.6 is 11.8 Å². The number of carbonyl (C=O) groups excluding carboxylic acids is 1. The summed E-state index contributed by atoms with van der Waals surface area (Å²) in [5.41, 5.74) is -0.693. The maximum Gasteiger partial charge on any atom is 0.261 e. The van der Waals surface area contributed by atoms with Crippen LogP contribution in [0.15, 0.2) is 9.79 Å². The molecule has 2 N–H and O–H groups in total. The molecule has 10 heteroatoms. The Morgan fingerprint density at radius 3 is 2.72 bits per heavy atom. The van der Waals surface area contributed by atoms with Gasteiger partial charge in [0.15, 0.2) is 12.0 Å². The number of aliphatic imine (C=N–C) groups is 1.